The molecule has 1 spiro atoms. The highest BCUT2D eigenvalue weighted by atomic mass is 35.5. The van der Waals surface area contributed by atoms with E-state index in [-0.39, 0.29) is 29.6 Å². The predicted octanol–water partition coefficient (Wildman–Crippen LogP) is 3.91. The van der Waals surface area contributed by atoms with E-state index in [4.69, 9.17) is 22.1 Å². The Kier molecular flexibility index (Phi) is 4.60. The maximum absolute atomic E-state index is 15.1. The summed E-state index contributed by atoms with van der Waals surface area (Å²) >= 11 is 6.03. The normalized spacial score (nSPS) is 20.4. The van der Waals surface area contributed by atoms with Crippen LogP contribution in [0.4, 0.5) is 20.7 Å². The number of nitrogens with two attached hydrogens (primary N) is 1. The summed E-state index contributed by atoms with van der Waals surface area (Å²) < 4.78 is 22.2. The third-order valence-electron chi connectivity index (χ3n) is 6.90. The van der Waals surface area contributed by atoms with Gasteiger partial charge in [0.15, 0.2) is 11.4 Å². The van der Waals surface area contributed by atoms with Crippen molar-refractivity contribution in [1.82, 2.24) is 14.7 Å². The van der Waals surface area contributed by atoms with E-state index in [1.54, 1.807) is 11.0 Å². The molecular formula is C24H21ClFN5O3. The molecule has 174 valence electrons. The van der Waals surface area contributed by atoms with Crippen molar-refractivity contribution in [3.63, 3.8) is 0 Å². The molecule has 3 aliphatic rings. The number of aromatic nitrogens is 2. The number of rotatable bonds is 2. The summed E-state index contributed by atoms with van der Waals surface area (Å²) in [6.45, 7) is 0.411. The number of likely N-dealkylation sites (tertiary alicyclic amines) is 1. The summed E-state index contributed by atoms with van der Waals surface area (Å²) in [5, 5.41) is 7.07. The fraction of sp³-hybridized carbons (Fsp3) is 0.292. The number of nitrogens with one attached hydrogen (secondary N) is 1. The maximum atomic E-state index is 15.1. The lowest BCUT2D eigenvalue weighted by molar-refractivity contribution is -0.140. The van der Waals surface area contributed by atoms with Gasteiger partial charge in [-0.2, -0.15) is 5.10 Å². The van der Waals surface area contributed by atoms with Crippen LogP contribution in [0, 0.1) is 5.82 Å². The van der Waals surface area contributed by atoms with Gasteiger partial charge in [0.05, 0.1) is 28.5 Å². The summed E-state index contributed by atoms with van der Waals surface area (Å²) in [4.78, 5) is 27.1. The van der Waals surface area contributed by atoms with Crippen molar-refractivity contribution in [3.8, 4) is 11.3 Å². The summed E-state index contributed by atoms with van der Waals surface area (Å²) in [5.41, 5.74) is 9.43. The molecule has 1 aliphatic carbocycles. The smallest absolute Gasteiger partial charge is 0.412 e. The van der Waals surface area contributed by atoms with Gasteiger partial charge in [0.2, 0.25) is 5.91 Å². The minimum absolute atomic E-state index is 0.0211. The monoisotopic (exact) mass is 481 g/mol. The Bertz CT molecular complexity index is 1370. The average Bonchev–Trinajstić information content (AvgIpc) is 3.32. The van der Waals surface area contributed by atoms with Crippen LogP contribution in [-0.4, -0.2) is 39.8 Å². The second-order valence-electron chi connectivity index (χ2n) is 8.92. The zero-order valence-electron chi connectivity index (χ0n) is 18.1. The molecule has 1 fully saturated rings. The topological polar surface area (TPSA) is 102 Å². The Morgan fingerprint density at radius 3 is 2.97 bits per heavy atom. The Labute approximate surface area is 199 Å². The number of carbonyl (C=O) groups excluding carboxylic acids is 2. The molecule has 0 saturated carbocycles. The number of amides is 2. The number of fused-ring (bicyclic) bond motifs is 5. The highest BCUT2D eigenvalue weighted by Gasteiger charge is 2.48. The van der Waals surface area contributed by atoms with Crippen LogP contribution in [-0.2, 0) is 28.1 Å². The Balaban J connectivity index is 1.29. The Hall–Kier alpha value is -3.59. The first kappa shape index (κ1) is 21.0. The molecule has 3 aromatic rings. The molecule has 1 saturated heterocycles. The van der Waals surface area contributed by atoms with E-state index >= 15 is 4.39 Å². The van der Waals surface area contributed by atoms with E-state index < -0.39 is 17.5 Å². The summed E-state index contributed by atoms with van der Waals surface area (Å²) in [5.74, 6) is -0.429. The molecule has 3 N–H and O–H groups in total. The average molecular weight is 482 g/mol. The van der Waals surface area contributed by atoms with Gasteiger partial charge in [-0.3, -0.25) is 10.1 Å². The Morgan fingerprint density at radius 1 is 1.29 bits per heavy atom. The molecule has 0 radical (unpaired) electrons. The van der Waals surface area contributed by atoms with Gasteiger partial charge in [-0.1, -0.05) is 35.9 Å². The first-order valence-electron chi connectivity index (χ1n) is 11.1. The van der Waals surface area contributed by atoms with Gasteiger partial charge in [0, 0.05) is 24.1 Å². The number of benzene rings is 2. The summed E-state index contributed by atoms with van der Waals surface area (Å²) in [6.07, 6.45) is 0.903. The fourth-order valence-corrected chi connectivity index (χ4v) is 5.49. The number of piperidine rings is 1. The predicted molar refractivity (Wildman–Crippen MR) is 124 cm³/mol. The zero-order valence-corrected chi connectivity index (χ0v) is 18.9. The maximum Gasteiger partial charge on any atom is 0.412 e. The van der Waals surface area contributed by atoms with E-state index in [2.05, 4.69) is 10.4 Å². The van der Waals surface area contributed by atoms with Crippen molar-refractivity contribution in [2.45, 2.75) is 31.4 Å². The van der Waals surface area contributed by atoms with Gasteiger partial charge in [0.25, 0.3) is 0 Å². The third-order valence-corrected chi connectivity index (χ3v) is 7.19. The minimum Gasteiger partial charge on any atom is -0.436 e. The second-order valence-corrected chi connectivity index (χ2v) is 9.32. The summed E-state index contributed by atoms with van der Waals surface area (Å²) in [6, 6.07) is 10.9. The number of anilines is 2. The van der Waals surface area contributed by atoms with Crippen LogP contribution >= 0.6 is 11.6 Å². The van der Waals surface area contributed by atoms with Gasteiger partial charge in [-0.15, -0.1) is 0 Å². The van der Waals surface area contributed by atoms with Crippen molar-refractivity contribution in [3.05, 3.63) is 63.9 Å². The minimum atomic E-state index is -1.31. The highest BCUT2D eigenvalue weighted by Crippen LogP contribution is 2.45. The first-order chi connectivity index (χ1) is 16.4. The quantitative estimate of drug-likeness (QED) is 0.452. The standard InChI is InChI=1S/C24H21ClFN5O3/c25-16-6-7-17-19(20(16)26)24(34-23(33)28-17)8-3-9-30(12-24)18(32)11-31-22(27)15-10-13-4-1-2-5-14(13)21(15)29-31/h1-2,4-7H,3,8-12,27H2,(H,28,33)/t24-/m0/s1. The molecule has 1 atom stereocenters. The SMILES string of the molecule is Nc1c2c(nn1CC(=O)N1CCC[C@@]3(C1)OC(=O)Nc1ccc(Cl)c(F)c13)-c1ccccc1C2. The fourth-order valence-electron chi connectivity index (χ4n) is 5.33. The molecule has 0 bridgehead atoms. The van der Waals surface area contributed by atoms with E-state index in [0.717, 1.165) is 22.4 Å². The molecule has 2 aliphatic heterocycles. The number of nitrogen functional groups attached to an aromatic ring is 1. The molecule has 10 heteroatoms. The molecule has 1 aromatic heterocycles. The lowest BCUT2D eigenvalue weighted by atomic mass is 9.83. The molecule has 6 rings (SSSR count). The van der Waals surface area contributed by atoms with Gasteiger partial charge in [0.1, 0.15) is 12.4 Å². The van der Waals surface area contributed by atoms with Crippen LogP contribution in [0.25, 0.3) is 11.3 Å². The molecule has 2 amide bonds. The molecule has 2 aromatic carbocycles. The third kappa shape index (κ3) is 3.07. The number of hydrogen-bond acceptors (Lipinski definition) is 5. The lowest BCUT2D eigenvalue weighted by Gasteiger charge is -2.45. The summed E-state index contributed by atoms with van der Waals surface area (Å²) in [7, 11) is 0. The van der Waals surface area contributed by atoms with Gasteiger partial charge >= 0.3 is 6.09 Å². The van der Waals surface area contributed by atoms with Gasteiger partial charge < -0.3 is 15.4 Å². The number of hydrogen-bond donors (Lipinski definition) is 2. The van der Waals surface area contributed by atoms with Crippen LogP contribution in [0.5, 0.6) is 0 Å². The molecule has 3 heterocycles. The largest absolute Gasteiger partial charge is 0.436 e. The molecule has 8 nitrogen and oxygen atoms in total. The molecule has 34 heavy (non-hydrogen) atoms. The number of nitrogens with zero attached hydrogens (tertiary/aromatic N) is 3. The van der Waals surface area contributed by atoms with E-state index in [9.17, 15) is 9.59 Å². The van der Waals surface area contributed by atoms with Crippen molar-refractivity contribution < 1.29 is 18.7 Å². The van der Waals surface area contributed by atoms with Crippen molar-refractivity contribution in [2.24, 2.45) is 0 Å². The van der Waals surface area contributed by atoms with Gasteiger partial charge in [-0.05, 0) is 30.5 Å². The van der Waals surface area contributed by atoms with Gasteiger partial charge in [-0.25, -0.2) is 13.9 Å². The van der Waals surface area contributed by atoms with Crippen molar-refractivity contribution in [1.29, 1.82) is 0 Å². The number of halogens is 2. The van der Waals surface area contributed by atoms with Crippen molar-refractivity contribution in [2.75, 3.05) is 24.1 Å². The first-order valence-corrected chi connectivity index (χ1v) is 11.4. The van der Waals surface area contributed by atoms with E-state index in [0.29, 0.717) is 37.3 Å². The Morgan fingerprint density at radius 2 is 2.12 bits per heavy atom. The molecule has 0 unspecified atom stereocenters. The van der Waals surface area contributed by atoms with Crippen LogP contribution in [0.2, 0.25) is 5.02 Å². The van der Waals surface area contributed by atoms with E-state index in [1.807, 2.05) is 24.3 Å². The zero-order chi connectivity index (χ0) is 23.6. The highest BCUT2D eigenvalue weighted by molar-refractivity contribution is 6.31. The van der Waals surface area contributed by atoms with Crippen LogP contribution < -0.4 is 11.1 Å². The molecular weight excluding hydrogens is 461 g/mol. The number of ether oxygens (including phenoxy) is 1. The van der Waals surface area contributed by atoms with Crippen molar-refractivity contribution >= 4 is 35.1 Å². The number of carbonyl (C=O) groups is 2. The van der Waals surface area contributed by atoms with Crippen LogP contribution in [0.1, 0.15) is 29.5 Å². The van der Waals surface area contributed by atoms with E-state index in [1.165, 1.54) is 10.7 Å². The lowest BCUT2D eigenvalue weighted by Crippen LogP contribution is -2.54. The van der Waals surface area contributed by atoms with Crippen LogP contribution in [0.3, 0.4) is 0 Å². The second kappa shape index (κ2) is 7.46. The van der Waals surface area contributed by atoms with Crippen LogP contribution in [0.15, 0.2) is 36.4 Å².